The van der Waals surface area contributed by atoms with Crippen LogP contribution in [-0.2, 0) is 0 Å². The summed E-state index contributed by atoms with van der Waals surface area (Å²) in [6.07, 6.45) is 8.37. The van der Waals surface area contributed by atoms with Gasteiger partial charge in [-0.05, 0) is 30.9 Å². The Morgan fingerprint density at radius 3 is 2.95 bits per heavy atom. The van der Waals surface area contributed by atoms with Gasteiger partial charge in [-0.15, -0.1) is 0 Å². The summed E-state index contributed by atoms with van der Waals surface area (Å²) in [5.41, 5.74) is 0. The van der Waals surface area contributed by atoms with Crippen LogP contribution in [0.4, 0.5) is 5.82 Å². The number of ether oxygens (including phenoxy) is 1. The Balaban J connectivity index is 1.87. The summed E-state index contributed by atoms with van der Waals surface area (Å²) < 4.78 is 5.45. The van der Waals surface area contributed by atoms with E-state index in [4.69, 9.17) is 4.74 Å². The normalized spacial score (nSPS) is 22.2. The molecule has 0 spiro atoms. The largest absolute Gasteiger partial charge is 0.496 e. The van der Waals surface area contributed by atoms with E-state index in [-0.39, 0.29) is 0 Å². The molecule has 2 aromatic rings. The first-order valence-corrected chi connectivity index (χ1v) is 8.00. The number of methoxy groups -OCH3 is 1. The van der Waals surface area contributed by atoms with Crippen LogP contribution in [0.25, 0.3) is 10.8 Å². The van der Waals surface area contributed by atoms with Crippen molar-refractivity contribution in [2.45, 2.75) is 45.1 Å². The number of hydrogen-bond acceptors (Lipinski definition) is 3. The van der Waals surface area contributed by atoms with Gasteiger partial charge in [0.25, 0.3) is 0 Å². The fraction of sp³-hybridized carbons (Fsp3) is 0.500. The maximum atomic E-state index is 5.45. The summed E-state index contributed by atoms with van der Waals surface area (Å²) in [4.78, 5) is 4.56. The van der Waals surface area contributed by atoms with Gasteiger partial charge >= 0.3 is 0 Å². The molecule has 1 N–H and O–H groups in total. The third-order valence-corrected chi connectivity index (χ3v) is 4.69. The molecule has 3 nitrogen and oxygen atoms in total. The molecule has 0 saturated heterocycles. The second-order valence-electron chi connectivity index (χ2n) is 6.00. The van der Waals surface area contributed by atoms with Crippen molar-refractivity contribution in [3.05, 3.63) is 30.5 Å². The lowest BCUT2D eigenvalue weighted by Crippen LogP contribution is -2.27. The fourth-order valence-electron chi connectivity index (χ4n) is 3.46. The second kappa shape index (κ2) is 6.33. The molecular formula is C18H24N2O. The maximum Gasteiger partial charge on any atom is 0.134 e. The molecule has 1 aromatic carbocycles. The molecule has 3 rings (SSSR count). The van der Waals surface area contributed by atoms with Gasteiger partial charge in [0.2, 0.25) is 0 Å². The Morgan fingerprint density at radius 2 is 2.14 bits per heavy atom. The summed E-state index contributed by atoms with van der Waals surface area (Å²) in [6.45, 7) is 2.30. The molecular weight excluding hydrogens is 260 g/mol. The molecule has 1 saturated carbocycles. The van der Waals surface area contributed by atoms with Crippen molar-refractivity contribution in [2.24, 2.45) is 5.92 Å². The number of nitrogens with zero attached hydrogens (tertiary/aromatic N) is 1. The highest BCUT2D eigenvalue weighted by molar-refractivity contribution is 5.95. The van der Waals surface area contributed by atoms with Gasteiger partial charge in [0.1, 0.15) is 11.6 Å². The maximum absolute atomic E-state index is 5.45. The zero-order valence-electron chi connectivity index (χ0n) is 12.9. The highest BCUT2D eigenvalue weighted by Crippen LogP contribution is 2.32. The molecule has 21 heavy (non-hydrogen) atoms. The standard InChI is InChI=1S/C18H24N2O/c1-3-13-6-4-7-14(12-13)20-18-16-8-5-9-17(21-2)15(16)10-11-19-18/h5,8-11,13-14H,3-4,6-7,12H2,1-2H3,(H,19,20). The Bertz CT molecular complexity index is 611. The van der Waals surface area contributed by atoms with E-state index >= 15 is 0 Å². The van der Waals surface area contributed by atoms with Gasteiger partial charge in [0, 0.05) is 23.0 Å². The van der Waals surface area contributed by atoms with Gasteiger partial charge in [0.15, 0.2) is 0 Å². The third kappa shape index (κ3) is 2.97. The molecule has 1 heterocycles. The van der Waals surface area contributed by atoms with Gasteiger partial charge in [-0.25, -0.2) is 4.98 Å². The average molecular weight is 284 g/mol. The van der Waals surface area contributed by atoms with Crippen LogP contribution in [0.5, 0.6) is 5.75 Å². The molecule has 112 valence electrons. The van der Waals surface area contributed by atoms with E-state index in [9.17, 15) is 0 Å². The smallest absolute Gasteiger partial charge is 0.134 e. The van der Waals surface area contributed by atoms with Gasteiger partial charge in [-0.2, -0.15) is 0 Å². The lowest BCUT2D eigenvalue weighted by atomic mass is 9.84. The fourth-order valence-corrected chi connectivity index (χ4v) is 3.46. The number of pyridine rings is 1. The number of benzene rings is 1. The minimum atomic E-state index is 0.549. The summed E-state index contributed by atoms with van der Waals surface area (Å²) >= 11 is 0. The minimum Gasteiger partial charge on any atom is -0.496 e. The van der Waals surface area contributed by atoms with Crippen LogP contribution in [0.1, 0.15) is 39.0 Å². The molecule has 0 amide bonds. The van der Waals surface area contributed by atoms with Crippen LogP contribution in [-0.4, -0.2) is 18.1 Å². The van der Waals surface area contributed by atoms with Gasteiger partial charge < -0.3 is 10.1 Å². The predicted molar refractivity (Wildman–Crippen MR) is 88.0 cm³/mol. The molecule has 3 heteroatoms. The van der Waals surface area contributed by atoms with Crippen LogP contribution in [0, 0.1) is 5.92 Å². The first-order chi connectivity index (χ1) is 10.3. The Labute approximate surface area is 126 Å². The highest BCUT2D eigenvalue weighted by atomic mass is 16.5. The van der Waals surface area contributed by atoms with Crippen molar-refractivity contribution in [1.82, 2.24) is 4.98 Å². The molecule has 1 aromatic heterocycles. The summed E-state index contributed by atoms with van der Waals surface area (Å²) in [7, 11) is 1.72. The van der Waals surface area contributed by atoms with E-state index in [0.717, 1.165) is 28.3 Å². The average Bonchev–Trinajstić information content (AvgIpc) is 2.55. The molecule has 1 fully saturated rings. The van der Waals surface area contributed by atoms with E-state index < -0.39 is 0 Å². The van der Waals surface area contributed by atoms with Crippen LogP contribution < -0.4 is 10.1 Å². The van der Waals surface area contributed by atoms with E-state index in [1.165, 1.54) is 32.1 Å². The van der Waals surface area contributed by atoms with Crippen molar-refractivity contribution in [1.29, 1.82) is 0 Å². The molecule has 0 radical (unpaired) electrons. The van der Waals surface area contributed by atoms with Crippen LogP contribution in [0.15, 0.2) is 30.5 Å². The summed E-state index contributed by atoms with van der Waals surface area (Å²) in [6, 6.07) is 8.72. The van der Waals surface area contributed by atoms with Crippen molar-refractivity contribution in [3.8, 4) is 5.75 Å². The van der Waals surface area contributed by atoms with Crippen LogP contribution in [0.2, 0.25) is 0 Å². The third-order valence-electron chi connectivity index (χ3n) is 4.69. The molecule has 0 aliphatic heterocycles. The minimum absolute atomic E-state index is 0.549. The molecule has 1 aliphatic carbocycles. The van der Waals surface area contributed by atoms with Crippen molar-refractivity contribution < 1.29 is 4.74 Å². The number of nitrogens with one attached hydrogen (secondary N) is 1. The summed E-state index contributed by atoms with van der Waals surface area (Å²) in [5, 5.41) is 5.95. The molecule has 2 atom stereocenters. The molecule has 2 unspecified atom stereocenters. The Morgan fingerprint density at radius 1 is 1.24 bits per heavy atom. The van der Waals surface area contributed by atoms with Gasteiger partial charge in [-0.1, -0.05) is 38.3 Å². The Kier molecular flexibility index (Phi) is 4.28. The van der Waals surface area contributed by atoms with Crippen molar-refractivity contribution in [3.63, 3.8) is 0 Å². The van der Waals surface area contributed by atoms with E-state index in [0.29, 0.717) is 6.04 Å². The van der Waals surface area contributed by atoms with Crippen LogP contribution in [0.3, 0.4) is 0 Å². The quantitative estimate of drug-likeness (QED) is 0.889. The lowest BCUT2D eigenvalue weighted by molar-refractivity contribution is 0.327. The summed E-state index contributed by atoms with van der Waals surface area (Å²) in [5.74, 6) is 2.77. The zero-order valence-corrected chi connectivity index (χ0v) is 12.9. The van der Waals surface area contributed by atoms with E-state index in [1.54, 1.807) is 7.11 Å². The monoisotopic (exact) mass is 284 g/mol. The number of rotatable bonds is 4. The number of aromatic nitrogens is 1. The Hall–Kier alpha value is -1.77. The number of fused-ring (bicyclic) bond motifs is 1. The highest BCUT2D eigenvalue weighted by Gasteiger charge is 2.21. The predicted octanol–water partition coefficient (Wildman–Crippen LogP) is 4.62. The van der Waals surface area contributed by atoms with Crippen molar-refractivity contribution >= 4 is 16.6 Å². The molecule has 0 bridgehead atoms. The van der Waals surface area contributed by atoms with Gasteiger partial charge in [0.05, 0.1) is 7.11 Å². The zero-order chi connectivity index (χ0) is 14.7. The first kappa shape index (κ1) is 14.2. The number of anilines is 1. The second-order valence-corrected chi connectivity index (χ2v) is 6.00. The van der Waals surface area contributed by atoms with E-state index in [2.05, 4.69) is 23.3 Å². The SMILES string of the molecule is CCC1CCCC(Nc2nccc3c(OC)cccc23)C1. The van der Waals surface area contributed by atoms with Gasteiger partial charge in [-0.3, -0.25) is 0 Å². The lowest BCUT2D eigenvalue weighted by Gasteiger charge is -2.29. The van der Waals surface area contributed by atoms with Crippen molar-refractivity contribution in [2.75, 3.05) is 12.4 Å². The van der Waals surface area contributed by atoms with E-state index in [1.807, 2.05) is 24.4 Å². The number of hydrogen-bond donors (Lipinski definition) is 1. The molecule has 1 aliphatic rings. The topological polar surface area (TPSA) is 34.2 Å². The first-order valence-electron chi connectivity index (χ1n) is 8.00. The van der Waals surface area contributed by atoms with Crippen LogP contribution >= 0.6 is 0 Å².